The van der Waals surface area contributed by atoms with Gasteiger partial charge in [0.25, 0.3) is 0 Å². The Morgan fingerprint density at radius 3 is 2.90 bits per heavy atom. The molecule has 1 fully saturated rings. The number of aromatic nitrogens is 2. The van der Waals surface area contributed by atoms with E-state index in [1.54, 1.807) is 25.9 Å². The lowest BCUT2D eigenvalue weighted by molar-refractivity contribution is 0.0785. The van der Waals surface area contributed by atoms with Crippen LogP contribution in [0, 0.1) is 11.8 Å². The number of ether oxygens (including phenoxy) is 1. The number of imidazole rings is 1. The molecule has 0 aromatic carbocycles. The van der Waals surface area contributed by atoms with Crippen LogP contribution in [0.5, 0.6) is 0 Å². The molecule has 2 heterocycles. The zero-order valence-corrected chi connectivity index (χ0v) is 13.4. The second kappa shape index (κ2) is 6.52. The van der Waals surface area contributed by atoms with E-state index in [9.17, 15) is 4.79 Å². The third kappa shape index (κ3) is 3.29. The van der Waals surface area contributed by atoms with Gasteiger partial charge in [0, 0.05) is 44.7 Å². The molecule has 1 aromatic rings. The fourth-order valence-electron chi connectivity index (χ4n) is 2.60. The average molecular weight is 297 g/mol. The normalized spacial score (nSPS) is 25.7. The first-order chi connectivity index (χ1) is 9.52. The number of aryl methyl sites for hydroxylation is 1. The van der Waals surface area contributed by atoms with Gasteiger partial charge in [-0.05, 0) is 18.8 Å². The maximum absolute atomic E-state index is 11.7. The van der Waals surface area contributed by atoms with Crippen LogP contribution in [0.3, 0.4) is 0 Å². The lowest BCUT2D eigenvalue weighted by atomic mass is 9.89. The summed E-state index contributed by atoms with van der Waals surface area (Å²) in [6, 6.07) is 0. The van der Waals surface area contributed by atoms with Crippen LogP contribution in [0.4, 0.5) is 4.79 Å². The highest BCUT2D eigenvalue weighted by molar-refractivity contribution is 8.00. The fourth-order valence-corrected chi connectivity index (χ4v) is 4.21. The summed E-state index contributed by atoms with van der Waals surface area (Å²) in [5.41, 5.74) is 1.22. The summed E-state index contributed by atoms with van der Waals surface area (Å²) in [4.78, 5) is 17.4. The lowest BCUT2D eigenvalue weighted by Crippen LogP contribution is -2.30. The molecule has 0 radical (unpaired) electrons. The SMILES string of the molecule is CC[C@@H]1C(Cc2cncn2C)CSC1OC(=O)N(C)C. The molecule has 1 aliphatic heterocycles. The fraction of sp³-hybridized carbons (Fsp3) is 0.714. The summed E-state index contributed by atoms with van der Waals surface area (Å²) in [5.74, 6) is 1.99. The topological polar surface area (TPSA) is 47.4 Å². The maximum Gasteiger partial charge on any atom is 0.410 e. The predicted octanol–water partition coefficient (Wildman–Crippen LogP) is 2.38. The quantitative estimate of drug-likeness (QED) is 0.856. The van der Waals surface area contributed by atoms with Crippen molar-refractivity contribution in [2.75, 3.05) is 19.8 Å². The second-order valence-corrected chi connectivity index (χ2v) is 6.64. The van der Waals surface area contributed by atoms with E-state index in [2.05, 4.69) is 16.5 Å². The minimum Gasteiger partial charge on any atom is -0.435 e. The average Bonchev–Trinajstić information content (AvgIpc) is 2.97. The molecule has 1 aliphatic rings. The van der Waals surface area contributed by atoms with Crippen molar-refractivity contribution in [3.8, 4) is 0 Å². The third-order valence-electron chi connectivity index (χ3n) is 3.87. The van der Waals surface area contributed by atoms with Gasteiger partial charge in [-0.3, -0.25) is 0 Å². The predicted molar refractivity (Wildman–Crippen MR) is 80.6 cm³/mol. The van der Waals surface area contributed by atoms with Gasteiger partial charge in [-0.25, -0.2) is 9.78 Å². The number of nitrogens with zero attached hydrogens (tertiary/aromatic N) is 3. The molecular formula is C14H23N3O2S. The van der Waals surface area contributed by atoms with Crippen molar-refractivity contribution >= 4 is 17.9 Å². The second-order valence-electron chi connectivity index (χ2n) is 5.51. The number of rotatable bonds is 4. The zero-order valence-electron chi connectivity index (χ0n) is 12.6. The minimum absolute atomic E-state index is 0.0203. The first-order valence-corrected chi connectivity index (χ1v) is 8.02. The van der Waals surface area contributed by atoms with E-state index in [1.807, 2.05) is 19.6 Å². The zero-order chi connectivity index (χ0) is 14.7. The van der Waals surface area contributed by atoms with E-state index in [0.29, 0.717) is 11.8 Å². The number of hydrogen-bond donors (Lipinski definition) is 0. The van der Waals surface area contributed by atoms with Gasteiger partial charge in [0.2, 0.25) is 0 Å². The van der Waals surface area contributed by atoms with Crippen LogP contribution < -0.4 is 0 Å². The van der Waals surface area contributed by atoms with Crippen molar-refractivity contribution in [3.05, 3.63) is 18.2 Å². The molecule has 1 aromatic heterocycles. The number of amides is 1. The maximum atomic E-state index is 11.7. The van der Waals surface area contributed by atoms with Crippen molar-refractivity contribution in [1.29, 1.82) is 0 Å². The molecule has 6 heteroatoms. The first kappa shape index (κ1) is 15.2. The van der Waals surface area contributed by atoms with Crippen LogP contribution >= 0.6 is 11.8 Å². The Morgan fingerprint density at radius 2 is 2.35 bits per heavy atom. The van der Waals surface area contributed by atoms with Crippen LogP contribution in [0.25, 0.3) is 0 Å². The van der Waals surface area contributed by atoms with Gasteiger partial charge < -0.3 is 14.2 Å². The molecule has 2 rings (SSSR count). The smallest absolute Gasteiger partial charge is 0.410 e. The molecule has 0 spiro atoms. The highest BCUT2D eigenvalue weighted by Crippen LogP contribution is 2.41. The van der Waals surface area contributed by atoms with Gasteiger partial charge in [-0.15, -0.1) is 11.8 Å². The highest BCUT2D eigenvalue weighted by atomic mass is 32.2. The van der Waals surface area contributed by atoms with Crippen molar-refractivity contribution in [2.24, 2.45) is 18.9 Å². The Kier molecular flexibility index (Phi) is 4.96. The molecule has 2 unspecified atom stereocenters. The van der Waals surface area contributed by atoms with Crippen LogP contribution in [-0.4, -0.2) is 45.8 Å². The van der Waals surface area contributed by atoms with Crippen LogP contribution in [0.1, 0.15) is 19.0 Å². The number of carbonyl (C=O) groups is 1. The molecule has 0 bridgehead atoms. The summed E-state index contributed by atoms with van der Waals surface area (Å²) in [6.45, 7) is 2.17. The molecule has 1 saturated heterocycles. The monoisotopic (exact) mass is 297 g/mol. The van der Waals surface area contributed by atoms with Crippen LogP contribution in [0.15, 0.2) is 12.5 Å². The Labute approximate surface area is 124 Å². The summed E-state index contributed by atoms with van der Waals surface area (Å²) in [7, 11) is 5.46. The van der Waals surface area contributed by atoms with Crippen molar-refractivity contribution < 1.29 is 9.53 Å². The molecule has 20 heavy (non-hydrogen) atoms. The minimum atomic E-state index is -0.248. The summed E-state index contributed by atoms with van der Waals surface area (Å²) >= 11 is 1.76. The first-order valence-electron chi connectivity index (χ1n) is 6.97. The van der Waals surface area contributed by atoms with E-state index in [-0.39, 0.29) is 11.5 Å². The van der Waals surface area contributed by atoms with E-state index in [4.69, 9.17) is 4.74 Å². The van der Waals surface area contributed by atoms with Crippen LogP contribution in [0.2, 0.25) is 0 Å². The Hall–Kier alpha value is -1.17. The van der Waals surface area contributed by atoms with Gasteiger partial charge in [0.15, 0.2) is 5.44 Å². The molecule has 0 N–H and O–H groups in total. The van der Waals surface area contributed by atoms with E-state index in [1.165, 1.54) is 10.6 Å². The van der Waals surface area contributed by atoms with Gasteiger partial charge >= 0.3 is 6.09 Å². The van der Waals surface area contributed by atoms with Gasteiger partial charge in [0.1, 0.15) is 0 Å². The third-order valence-corrected chi connectivity index (χ3v) is 5.27. The molecule has 5 nitrogen and oxygen atoms in total. The largest absolute Gasteiger partial charge is 0.435 e. The molecule has 0 saturated carbocycles. The highest BCUT2D eigenvalue weighted by Gasteiger charge is 2.38. The number of carbonyl (C=O) groups excluding carboxylic acids is 1. The van der Waals surface area contributed by atoms with E-state index >= 15 is 0 Å². The molecule has 1 amide bonds. The van der Waals surface area contributed by atoms with Gasteiger partial charge in [-0.2, -0.15) is 0 Å². The van der Waals surface area contributed by atoms with Gasteiger partial charge in [0.05, 0.1) is 6.33 Å². The van der Waals surface area contributed by atoms with Crippen molar-refractivity contribution in [1.82, 2.24) is 14.5 Å². The Balaban J connectivity index is 1.99. The molecule has 3 atom stereocenters. The Bertz CT molecular complexity index is 461. The van der Waals surface area contributed by atoms with Crippen molar-refractivity contribution in [2.45, 2.75) is 25.2 Å². The van der Waals surface area contributed by atoms with Crippen molar-refractivity contribution in [3.63, 3.8) is 0 Å². The number of hydrogen-bond acceptors (Lipinski definition) is 4. The van der Waals surface area contributed by atoms with E-state index in [0.717, 1.165) is 18.6 Å². The Morgan fingerprint density at radius 1 is 1.60 bits per heavy atom. The lowest BCUT2D eigenvalue weighted by Gasteiger charge is -2.24. The molecule has 0 aliphatic carbocycles. The molecular weight excluding hydrogens is 274 g/mol. The van der Waals surface area contributed by atoms with Gasteiger partial charge in [-0.1, -0.05) is 6.92 Å². The summed E-state index contributed by atoms with van der Waals surface area (Å²) in [6.07, 6.45) is 5.54. The van der Waals surface area contributed by atoms with Crippen LogP contribution in [-0.2, 0) is 18.2 Å². The molecule has 112 valence electrons. The standard InChI is InChI=1S/C14H23N3O2S/c1-5-12-10(6-11-7-15-9-17(11)4)8-20-13(12)19-14(18)16(2)3/h7,9-10,12-13H,5-6,8H2,1-4H3/t10?,12-,13?/m1/s1. The summed E-state index contributed by atoms with van der Waals surface area (Å²) in [5, 5.41) is 0. The summed E-state index contributed by atoms with van der Waals surface area (Å²) < 4.78 is 7.65. The van der Waals surface area contributed by atoms with E-state index < -0.39 is 0 Å². The number of thioether (sulfide) groups is 1.